The predicted octanol–water partition coefficient (Wildman–Crippen LogP) is 5.50. The number of hydrogen-bond acceptors (Lipinski definition) is 5. The molecule has 0 aliphatic carbocycles. The molecule has 0 bridgehead atoms. The molecular formula is C23H15Br2Cl2F2N3O3. The van der Waals surface area contributed by atoms with Gasteiger partial charge in [0.25, 0.3) is 6.08 Å². The summed E-state index contributed by atoms with van der Waals surface area (Å²) in [6.07, 6.45) is -3.30. The highest BCUT2D eigenvalue weighted by molar-refractivity contribution is 9.11. The summed E-state index contributed by atoms with van der Waals surface area (Å²) in [6, 6.07) is 7.40. The van der Waals surface area contributed by atoms with Crippen molar-refractivity contribution in [1.82, 2.24) is 4.90 Å². The van der Waals surface area contributed by atoms with Gasteiger partial charge in [0, 0.05) is 37.7 Å². The zero-order valence-corrected chi connectivity index (χ0v) is 22.2. The fourth-order valence-corrected chi connectivity index (χ4v) is 8.15. The van der Waals surface area contributed by atoms with Gasteiger partial charge in [-0.2, -0.15) is 8.78 Å². The van der Waals surface area contributed by atoms with Crippen LogP contribution in [0.4, 0.5) is 20.2 Å². The Kier molecular flexibility index (Phi) is 5.42. The minimum absolute atomic E-state index is 0.0867. The summed E-state index contributed by atoms with van der Waals surface area (Å²) in [6.45, 7) is -0.189. The Balaban J connectivity index is 1.59. The van der Waals surface area contributed by atoms with Crippen molar-refractivity contribution < 1.29 is 23.5 Å². The number of anilines is 2. The van der Waals surface area contributed by atoms with E-state index in [1.165, 1.54) is 6.07 Å². The quantitative estimate of drug-likeness (QED) is 0.400. The average Bonchev–Trinajstić information content (AvgIpc) is 3.44. The summed E-state index contributed by atoms with van der Waals surface area (Å²) in [5.41, 5.74) is -0.511. The van der Waals surface area contributed by atoms with E-state index < -0.39 is 47.5 Å². The number of aliphatic hydroxyl groups is 1. The van der Waals surface area contributed by atoms with Gasteiger partial charge in [-0.3, -0.25) is 14.5 Å². The van der Waals surface area contributed by atoms with Crippen molar-refractivity contribution in [3.8, 4) is 0 Å². The van der Waals surface area contributed by atoms with Crippen molar-refractivity contribution in [3.05, 3.63) is 66.5 Å². The lowest BCUT2D eigenvalue weighted by Gasteiger charge is -2.41. The van der Waals surface area contributed by atoms with E-state index >= 15 is 0 Å². The third-order valence-corrected chi connectivity index (χ3v) is 8.92. The summed E-state index contributed by atoms with van der Waals surface area (Å²) in [5, 5.41) is 14.8. The normalized spacial score (nSPS) is 31.3. The maximum absolute atomic E-state index is 14.0. The molecule has 35 heavy (non-hydrogen) atoms. The molecule has 2 aromatic rings. The number of nitrogens with zero attached hydrogens (tertiary/aromatic N) is 2. The molecule has 2 N–H and O–H groups in total. The largest absolute Gasteiger partial charge is 0.371 e. The molecule has 0 aromatic heterocycles. The van der Waals surface area contributed by atoms with Crippen LogP contribution in [-0.4, -0.2) is 40.6 Å². The number of fused-ring (bicyclic) bond motifs is 7. The van der Waals surface area contributed by atoms with Crippen LogP contribution in [0, 0.1) is 11.8 Å². The molecule has 182 valence electrons. The van der Waals surface area contributed by atoms with Crippen molar-refractivity contribution >= 4 is 78.3 Å². The van der Waals surface area contributed by atoms with Crippen LogP contribution in [0.15, 0.2) is 50.9 Å². The van der Waals surface area contributed by atoms with E-state index in [2.05, 4.69) is 37.2 Å². The molecule has 4 aliphatic heterocycles. The highest BCUT2D eigenvalue weighted by Gasteiger charge is 2.75. The molecule has 5 atom stereocenters. The van der Waals surface area contributed by atoms with Crippen LogP contribution in [0.2, 0.25) is 10.0 Å². The highest BCUT2D eigenvalue weighted by Crippen LogP contribution is 2.63. The average molecular weight is 650 g/mol. The zero-order valence-electron chi connectivity index (χ0n) is 17.5. The number of hydrogen-bond donors (Lipinski definition) is 2. The lowest BCUT2D eigenvalue weighted by Crippen LogP contribution is -2.56. The third kappa shape index (κ3) is 3.10. The topological polar surface area (TPSA) is 72.9 Å². The molecular weight excluding hydrogens is 635 g/mol. The van der Waals surface area contributed by atoms with Gasteiger partial charge in [0.15, 0.2) is 0 Å². The second kappa shape index (κ2) is 7.97. The zero-order chi connectivity index (χ0) is 25.0. The van der Waals surface area contributed by atoms with Gasteiger partial charge in [-0.05, 0) is 36.8 Å². The third-order valence-electron chi connectivity index (χ3n) is 7.49. The summed E-state index contributed by atoms with van der Waals surface area (Å²) >= 11 is 19.5. The molecule has 2 amide bonds. The molecule has 3 saturated heterocycles. The summed E-state index contributed by atoms with van der Waals surface area (Å²) in [7, 11) is 0. The van der Waals surface area contributed by atoms with Crippen LogP contribution in [-0.2, 0) is 15.1 Å². The van der Waals surface area contributed by atoms with Crippen LogP contribution in [0.25, 0.3) is 0 Å². The van der Waals surface area contributed by atoms with Gasteiger partial charge in [0.2, 0.25) is 11.8 Å². The number of amides is 2. The molecule has 3 fully saturated rings. The van der Waals surface area contributed by atoms with Crippen molar-refractivity contribution in [2.24, 2.45) is 11.8 Å². The standard InChI is InChI=1S/C23H15Br2Cl2F2N3O3/c24-9-2-10(25)4-12(3-9)32-20(33)16-15-1-8(19(28)29)7-31(15)23(17(16)21(32)34)13-5-11(26)6-14(27)18(13)30-22(23)35/h2-6,15-17,22,30,35H,1,7H2. The molecule has 4 aliphatic rings. The van der Waals surface area contributed by atoms with E-state index in [4.69, 9.17) is 23.2 Å². The number of imide groups is 1. The number of aliphatic hydroxyl groups excluding tert-OH is 1. The minimum atomic E-state index is -1.82. The summed E-state index contributed by atoms with van der Waals surface area (Å²) < 4.78 is 28.8. The Morgan fingerprint density at radius 1 is 1.09 bits per heavy atom. The van der Waals surface area contributed by atoms with E-state index in [1.54, 1.807) is 29.2 Å². The van der Waals surface area contributed by atoms with E-state index in [-0.39, 0.29) is 28.6 Å². The first-order chi connectivity index (χ1) is 16.5. The molecule has 4 heterocycles. The van der Waals surface area contributed by atoms with E-state index in [0.29, 0.717) is 25.9 Å². The highest BCUT2D eigenvalue weighted by atomic mass is 79.9. The number of halogens is 6. The van der Waals surface area contributed by atoms with Crippen LogP contribution < -0.4 is 10.2 Å². The first kappa shape index (κ1) is 23.8. The Morgan fingerprint density at radius 2 is 1.77 bits per heavy atom. The van der Waals surface area contributed by atoms with Crippen molar-refractivity contribution in [2.45, 2.75) is 24.2 Å². The van der Waals surface area contributed by atoms with Gasteiger partial charge >= 0.3 is 0 Å². The summed E-state index contributed by atoms with van der Waals surface area (Å²) in [4.78, 5) is 30.6. The SMILES string of the molecule is O=C1C2C3CC(=C(F)F)CN3C3(c4cc(Cl)cc(Cl)c4NC3O)C2C(=O)N1c1cc(Br)cc(Br)c1. The predicted molar refractivity (Wildman–Crippen MR) is 133 cm³/mol. The fraction of sp³-hybridized carbons (Fsp3) is 0.304. The number of carbonyl (C=O) groups excluding carboxylic acids is 2. The van der Waals surface area contributed by atoms with Gasteiger partial charge in [0.1, 0.15) is 11.8 Å². The fourth-order valence-electron chi connectivity index (χ4n) is 6.34. The summed E-state index contributed by atoms with van der Waals surface area (Å²) in [5.74, 6) is -3.00. The second-order valence-corrected chi connectivity index (χ2v) is 11.8. The monoisotopic (exact) mass is 647 g/mol. The maximum atomic E-state index is 14.0. The maximum Gasteiger partial charge on any atom is 0.270 e. The lowest BCUT2D eigenvalue weighted by molar-refractivity contribution is -0.127. The van der Waals surface area contributed by atoms with Gasteiger partial charge in [0.05, 0.1) is 28.2 Å². The molecule has 6 rings (SSSR count). The first-order valence-corrected chi connectivity index (χ1v) is 13.0. The number of rotatable bonds is 1. The molecule has 12 heteroatoms. The molecule has 1 spiro atoms. The molecule has 0 saturated carbocycles. The van der Waals surface area contributed by atoms with Crippen molar-refractivity contribution in [1.29, 1.82) is 0 Å². The molecule has 5 unspecified atom stereocenters. The lowest BCUT2D eigenvalue weighted by atomic mass is 9.74. The Bertz CT molecular complexity index is 1350. The smallest absolute Gasteiger partial charge is 0.270 e. The van der Waals surface area contributed by atoms with Crippen LogP contribution in [0.5, 0.6) is 0 Å². The minimum Gasteiger partial charge on any atom is -0.371 e. The van der Waals surface area contributed by atoms with Gasteiger partial charge in [-0.25, -0.2) is 4.90 Å². The van der Waals surface area contributed by atoms with E-state index in [9.17, 15) is 23.5 Å². The van der Waals surface area contributed by atoms with Crippen LogP contribution in [0.3, 0.4) is 0 Å². The van der Waals surface area contributed by atoms with Gasteiger partial charge in [-0.15, -0.1) is 0 Å². The van der Waals surface area contributed by atoms with Gasteiger partial charge in [-0.1, -0.05) is 55.1 Å². The first-order valence-electron chi connectivity index (χ1n) is 10.6. The van der Waals surface area contributed by atoms with E-state index in [0.717, 1.165) is 4.90 Å². The Labute approximate surface area is 225 Å². The van der Waals surface area contributed by atoms with Crippen LogP contribution >= 0.6 is 55.1 Å². The molecule has 0 radical (unpaired) electrons. The molecule has 6 nitrogen and oxygen atoms in total. The molecule has 2 aromatic carbocycles. The number of nitrogens with one attached hydrogen (secondary N) is 1. The van der Waals surface area contributed by atoms with Crippen molar-refractivity contribution in [2.75, 3.05) is 16.8 Å². The Morgan fingerprint density at radius 3 is 2.43 bits per heavy atom. The Hall–Kier alpha value is -1.56. The van der Waals surface area contributed by atoms with Crippen LogP contribution in [0.1, 0.15) is 12.0 Å². The van der Waals surface area contributed by atoms with Crippen molar-refractivity contribution in [3.63, 3.8) is 0 Å². The van der Waals surface area contributed by atoms with Gasteiger partial charge < -0.3 is 10.4 Å². The second-order valence-electron chi connectivity index (χ2n) is 9.09. The number of carbonyl (C=O) groups is 2. The number of benzene rings is 2. The van der Waals surface area contributed by atoms with E-state index in [1.807, 2.05) is 0 Å².